The number of nitrogens with zero attached hydrogens (tertiary/aromatic N) is 1. The normalized spacial score (nSPS) is 13.4. The van der Waals surface area contributed by atoms with Crippen LogP contribution in [-0.4, -0.2) is 19.9 Å². The van der Waals surface area contributed by atoms with E-state index in [4.69, 9.17) is 18.9 Å². The maximum Gasteiger partial charge on any atom is 0.343 e. The first-order valence-electron chi connectivity index (χ1n) is 10.5. The zero-order valence-electron chi connectivity index (χ0n) is 17.5. The van der Waals surface area contributed by atoms with Gasteiger partial charge in [0, 0.05) is 12.5 Å². The number of pyridine rings is 1. The predicted octanol–water partition coefficient (Wildman–Crippen LogP) is 4.31. The van der Waals surface area contributed by atoms with Crippen molar-refractivity contribution in [2.45, 2.75) is 13.0 Å². The molecule has 6 nitrogen and oxygen atoms in total. The Morgan fingerprint density at radius 1 is 1.00 bits per heavy atom. The Morgan fingerprint density at radius 3 is 2.62 bits per heavy atom. The van der Waals surface area contributed by atoms with E-state index in [-0.39, 0.29) is 6.79 Å². The highest BCUT2D eigenvalue weighted by atomic mass is 16.7. The first-order valence-corrected chi connectivity index (χ1v) is 10.5. The van der Waals surface area contributed by atoms with Gasteiger partial charge < -0.3 is 18.9 Å². The van der Waals surface area contributed by atoms with Crippen molar-refractivity contribution < 1.29 is 28.3 Å². The Hall–Kier alpha value is -4.06. The summed E-state index contributed by atoms with van der Waals surface area (Å²) in [6.07, 6.45) is 2.91. The second-order valence-corrected chi connectivity index (χ2v) is 7.82. The number of hydrogen-bond acceptors (Lipinski definition) is 5. The third kappa shape index (κ3) is 2.95. The highest BCUT2D eigenvalue weighted by Crippen LogP contribution is 2.41. The number of methoxy groups -OCH3 is 1. The van der Waals surface area contributed by atoms with Crippen LogP contribution >= 0.6 is 0 Å². The van der Waals surface area contributed by atoms with Gasteiger partial charge in [0.1, 0.15) is 0 Å². The lowest BCUT2D eigenvalue weighted by atomic mass is 9.95. The van der Waals surface area contributed by atoms with Crippen molar-refractivity contribution in [2.24, 2.45) is 0 Å². The smallest absolute Gasteiger partial charge is 0.343 e. The summed E-state index contributed by atoms with van der Waals surface area (Å²) in [4.78, 5) is 12.8. The minimum atomic E-state index is -0.419. The number of fused-ring (bicyclic) bond motifs is 5. The number of aromatic nitrogens is 1. The molecule has 3 aromatic carbocycles. The van der Waals surface area contributed by atoms with Crippen LogP contribution in [0.25, 0.3) is 22.0 Å². The van der Waals surface area contributed by atoms with Gasteiger partial charge in [0.25, 0.3) is 0 Å². The molecule has 158 valence electrons. The molecule has 0 amide bonds. The third-order valence-corrected chi connectivity index (χ3v) is 6.00. The van der Waals surface area contributed by atoms with E-state index >= 15 is 0 Å². The van der Waals surface area contributed by atoms with E-state index in [1.165, 1.54) is 5.56 Å². The van der Waals surface area contributed by atoms with Crippen molar-refractivity contribution in [1.82, 2.24) is 0 Å². The zero-order chi connectivity index (χ0) is 21.7. The van der Waals surface area contributed by atoms with E-state index in [2.05, 4.69) is 16.7 Å². The van der Waals surface area contributed by atoms with E-state index < -0.39 is 5.97 Å². The van der Waals surface area contributed by atoms with E-state index in [0.29, 0.717) is 17.1 Å². The molecule has 2 aliphatic rings. The van der Waals surface area contributed by atoms with Crippen molar-refractivity contribution in [1.29, 1.82) is 0 Å². The molecule has 0 spiro atoms. The predicted molar refractivity (Wildman–Crippen MR) is 117 cm³/mol. The average molecular weight is 426 g/mol. The van der Waals surface area contributed by atoms with Gasteiger partial charge in [0.2, 0.25) is 12.5 Å². The van der Waals surface area contributed by atoms with Crippen molar-refractivity contribution >= 4 is 16.7 Å². The van der Waals surface area contributed by atoms with E-state index in [1.807, 2.05) is 42.6 Å². The number of carbonyl (C=O) groups excluding carboxylic acids is 1. The van der Waals surface area contributed by atoms with Crippen LogP contribution in [0.2, 0.25) is 0 Å². The lowest BCUT2D eigenvalue weighted by Gasteiger charge is -2.17. The summed E-state index contributed by atoms with van der Waals surface area (Å²) in [5.74, 6) is 2.09. The Kier molecular flexibility index (Phi) is 4.24. The number of carbonyl (C=O) groups is 1. The highest BCUT2D eigenvalue weighted by molar-refractivity contribution is 5.97. The fourth-order valence-corrected chi connectivity index (χ4v) is 4.39. The van der Waals surface area contributed by atoms with Crippen LogP contribution < -0.4 is 23.5 Å². The number of hydrogen-bond donors (Lipinski definition) is 0. The van der Waals surface area contributed by atoms with E-state index in [9.17, 15) is 4.79 Å². The van der Waals surface area contributed by atoms with Crippen LogP contribution in [0.4, 0.5) is 0 Å². The second-order valence-electron chi connectivity index (χ2n) is 7.82. The van der Waals surface area contributed by atoms with E-state index in [0.717, 1.165) is 46.5 Å². The van der Waals surface area contributed by atoms with Crippen LogP contribution in [0, 0.1) is 0 Å². The molecule has 4 aromatic rings. The molecule has 2 aliphatic heterocycles. The number of rotatable bonds is 3. The van der Waals surface area contributed by atoms with Gasteiger partial charge in [-0.1, -0.05) is 18.2 Å². The van der Waals surface area contributed by atoms with Crippen molar-refractivity contribution in [3.05, 3.63) is 78.0 Å². The summed E-state index contributed by atoms with van der Waals surface area (Å²) < 4.78 is 24.7. The summed E-state index contributed by atoms with van der Waals surface area (Å²) in [5, 5.41) is 1.78. The Labute approximate surface area is 184 Å². The molecular formula is C26H20NO5+. The summed E-state index contributed by atoms with van der Waals surface area (Å²) in [6, 6.07) is 19.0. The maximum atomic E-state index is 12.8. The summed E-state index contributed by atoms with van der Waals surface area (Å²) in [7, 11) is 1.57. The Balaban J connectivity index is 1.48. The van der Waals surface area contributed by atoms with Crippen LogP contribution in [0.15, 0.2) is 66.9 Å². The number of benzene rings is 3. The third-order valence-electron chi connectivity index (χ3n) is 6.00. The zero-order valence-corrected chi connectivity index (χ0v) is 17.5. The quantitative estimate of drug-likeness (QED) is 0.278. The molecule has 0 fully saturated rings. The van der Waals surface area contributed by atoms with Crippen LogP contribution in [0.3, 0.4) is 0 Å². The number of esters is 1. The van der Waals surface area contributed by atoms with Crippen molar-refractivity contribution in [3.63, 3.8) is 0 Å². The molecule has 0 saturated heterocycles. The summed E-state index contributed by atoms with van der Waals surface area (Å²) in [6.45, 7) is 1.06. The topological polar surface area (TPSA) is 57.9 Å². The molecule has 32 heavy (non-hydrogen) atoms. The van der Waals surface area contributed by atoms with Gasteiger partial charge in [-0.2, -0.15) is 4.57 Å². The van der Waals surface area contributed by atoms with Crippen molar-refractivity contribution in [3.8, 4) is 34.3 Å². The Bertz CT molecular complexity index is 1380. The average Bonchev–Trinajstić information content (AvgIpc) is 3.30. The van der Waals surface area contributed by atoms with Crippen LogP contribution in [0.1, 0.15) is 15.9 Å². The van der Waals surface area contributed by atoms with Gasteiger partial charge in [-0.05, 0) is 47.3 Å². The molecule has 3 heterocycles. The molecule has 0 aliphatic carbocycles. The monoisotopic (exact) mass is 426 g/mol. The lowest BCUT2D eigenvalue weighted by Crippen LogP contribution is -2.40. The molecule has 6 rings (SSSR count). The van der Waals surface area contributed by atoms with Gasteiger partial charge in [-0.3, -0.25) is 0 Å². The summed E-state index contributed by atoms with van der Waals surface area (Å²) >= 11 is 0. The van der Waals surface area contributed by atoms with Gasteiger partial charge >= 0.3 is 5.97 Å². The molecule has 0 bridgehead atoms. The first-order chi connectivity index (χ1) is 15.7. The minimum absolute atomic E-state index is 0.256. The Morgan fingerprint density at radius 2 is 1.81 bits per heavy atom. The van der Waals surface area contributed by atoms with Gasteiger partial charge in [0.15, 0.2) is 35.7 Å². The second kappa shape index (κ2) is 7.27. The molecule has 0 unspecified atom stereocenters. The first kappa shape index (κ1) is 18.7. The fraction of sp³-hybridized carbons (Fsp3) is 0.154. The molecule has 1 aromatic heterocycles. The number of ether oxygens (including phenoxy) is 4. The molecular weight excluding hydrogens is 406 g/mol. The largest absolute Gasteiger partial charge is 0.493 e. The number of aryl methyl sites for hydroxylation is 2. The fourth-order valence-electron chi connectivity index (χ4n) is 4.39. The maximum absolute atomic E-state index is 12.8. The van der Waals surface area contributed by atoms with Gasteiger partial charge in [0.05, 0.1) is 23.6 Å². The molecule has 0 N–H and O–H groups in total. The molecule has 0 radical (unpaired) electrons. The lowest BCUT2D eigenvalue weighted by molar-refractivity contribution is -0.686. The van der Waals surface area contributed by atoms with E-state index in [1.54, 1.807) is 19.2 Å². The van der Waals surface area contributed by atoms with Crippen LogP contribution in [0.5, 0.6) is 23.0 Å². The SMILES string of the molecule is COc1ccc2cc3[n+](cc2c1OC(=O)c1ccccc1)CCc1cc2c(cc1-3)OCO2. The standard InChI is InChI=1S/C26H20NO5/c1-29-22-8-7-17-11-21-19-13-24-23(30-15-31-24)12-18(19)9-10-27(21)14-20(17)25(22)32-26(28)16-5-3-2-4-6-16/h2-8,11-14H,9-10,15H2,1H3/q+1. The van der Waals surface area contributed by atoms with Crippen molar-refractivity contribution in [2.75, 3.05) is 13.9 Å². The van der Waals surface area contributed by atoms with Gasteiger partial charge in [-0.15, -0.1) is 0 Å². The highest BCUT2D eigenvalue weighted by Gasteiger charge is 2.29. The van der Waals surface area contributed by atoms with Crippen LogP contribution in [-0.2, 0) is 13.0 Å². The molecule has 0 atom stereocenters. The van der Waals surface area contributed by atoms with Gasteiger partial charge in [-0.25, -0.2) is 4.79 Å². The molecule has 6 heteroatoms. The minimum Gasteiger partial charge on any atom is -0.493 e. The summed E-state index contributed by atoms with van der Waals surface area (Å²) in [5.41, 5.74) is 3.93. The molecule has 0 saturated carbocycles.